The number of anilines is 1. The molecule has 2 aromatic heterocycles. The molecule has 23 heavy (non-hydrogen) atoms. The van der Waals surface area contributed by atoms with Crippen LogP contribution in [0.15, 0.2) is 22.9 Å². The van der Waals surface area contributed by atoms with Crippen LogP contribution in [0.2, 0.25) is 0 Å². The van der Waals surface area contributed by atoms with Gasteiger partial charge in [0.25, 0.3) is 5.95 Å². The maximum Gasteiger partial charge on any atom is 0.263 e. The Labute approximate surface area is 134 Å². The van der Waals surface area contributed by atoms with Gasteiger partial charge in [-0.2, -0.15) is 4.98 Å². The molecule has 4 rings (SSSR count). The number of nitrogens with one attached hydrogen (secondary N) is 1. The molecule has 0 aromatic carbocycles. The molecule has 2 aliphatic rings. The summed E-state index contributed by atoms with van der Waals surface area (Å²) in [6.45, 7) is 0. The predicted octanol–water partition coefficient (Wildman–Crippen LogP) is 2.27. The van der Waals surface area contributed by atoms with Crippen molar-refractivity contribution < 1.29 is 14.4 Å². The Kier molecular flexibility index (Phi) is 3.65. The lowest BCUT2D eigenvalue weighted by molar-refractivity contribution is 0.0338. The van der Waals surface area contributed by atoms with Crippen LogP contribution in [0.1, 0.15) is 49.1 Å². The molecule has 0 aliphatic heterocycles. The number of aliphatic hydroxyl groups is 1. The number of methoxy groups -OCH3 is 1. The summed E-state index contributed by atoms with van der Waals surface area (Å²) in [6, 6.07) is 3.82. The predicted molar refractivity (Wildman–Crippen MR) is 82.2 cm³/mol. The molecular formula is C16H20N4O3. The highest BCUT2D eigenvalue weighted by atomic mass is 16.5. The minimum atomic E-state index is -0.220. The number of ether oxygens (including phenoxy) is 1. The Balaban J connectivity index is 1.53. The second-order valence-corrected chi connectivity index (χ2v) is 6.37. The molecule has 0 spiro atoms. The Hall–Kier alpha value is -2.15. The van der Waals surface area contributed by atoms with Crippen LogP contribution in [0.4, 0.5) is 5.95 Å². The highest BCUT2D eigenvalue weighted by Crippen LogP contribution is 2.41. The molecule has 2 aliphatic carbocycles. The zero-order valence-corrected chi connectivity index (χ0v) is 13.0. The Morgan fingerprint density at radius 3 is 2.78 bits per heavy atom. The van der Waals surface area contributed by atoms with Gasteiger partial charge in [0.2, 0.25) is 11.8 Å². The standard InChI is InChI=1S/C16H20N4O3/c1-22-13-5-4-10(8-17-13)14(11-6-12(21)7-11)18-16-19-15(23-20-16)9-2-3-9/h4-5,8-9,11-12,14,21H,2-3,6-7H2,1H3,(H,18,20). The van der Waals surface area contributed by atoms with Crippen LogP contribution in [0.5, 0.6) is 5.88 Å². The summed E-state index contributed by atoms with van der Waals surface area (Å²) in [6.07, 6.45) is 5.35. The van der Waals surface area contributed by atoms with Crippen molar-refractivity contribution in [3.05, 3.63) is 29.8 Å². The van der Waals surface area contributed by atoms with Crippen LogP contribution >= 0.6 is 0 Å². The summed E-state index contributed by atoms with van der Waals surface area (Å²) in [5, 5.41) is 17.0. The van der Waals surface area contributed by atoms with E-state index in [1.807, 2.05) is 12.1 Å². The van der Waals surface area contributed by atoms with Crippen LogP contribution in [-0.2, 0) is 0 Å². The van der Waals surface area contributed by atoms with Crippen molar-refractivity contribution in [1.82, 2.24) is 15.1 Å². The highest BCUT2D eigenvalue weighted by Gasteiger charge is 2.36. The van der Waals surface area contributed by atoms with Crippen LogP contribution in [-0.4, -0.2) is 33.4 Å². The summed E-state index contributed by atoms with van der Waals surface area (Å²) >= 11 is 0. The van der Waals surface area contributed by atoms with Gasteiger partial charge in [-0.05, 0) is 42.3 Å². The van der Waals surface area contributed by atoms with Crippen molar-refractivity contribution in [2.75, 3.05) is 12.4 Å². The maximum atomic E-state index is 9.63. The topological polar surface area (TPSA) is 93.3 Å². The average Bonchev–Trinajstić information content (AvgIpc) is 3.30. The Morgan fingerprint density at radius 2 is 2.17 bits per heavy atom. The van der Waals surface area contributed by atoms with Crippen molar-refractivity contribution in [2.45, 2.75) is 43.7 Å². The van der Waals surface area contributed by atoms with E-state index in [1.54, 1.807) is 13.3 Å². The molecule has 7 heteroatoms. The molecule has 2 heterocycles. The quantitative estimate of drug-likeness (QED) is 0.844. The number of aliphatic hydroxyl groups excluding tert-OH is 1. The van der Waals surface area contributed by atoms with E-state index in [2.05, 4.69) is 20.4 Å². The first-order chi connectivity index (χ1) is 11.2. The first-order valence-corrected chi connectivity index (χ1v) is 8.01. The Morgan fingerprint density at radius 1 is 1.35 bits per heavy atom. The minimum absolute atomic E-state index is 0.00135. The fourth-order valence-corrected chi connectivity index (χ4v) is 3.00. The summed E-state index contributed by atoms with van der Waals surface area (Å²) in [7, 11) is 1.60. The molecule has 7 nitrogen and oxygen atoms in total. The highest BCUT2D eigenvalue weighted by molar-refractivity contribution is 5.33. The largest absolute Gasteiger partial charge is 0.481 e. The third-order valence-corrected chi connectivity index (χ3v) is 4.60. The van der Waals surface area contributed by atoms with Gasteiger partial charge in [-0.1, -0.05) is 6.07 Å². The normalized spacial score (nSPS) is 24.8. The lowest BCUT2D eigenvalue weighted by Gasteiger charge is -2.37. The third-order valence-electron chi connectivity index (χ3n) is 4.60. The van der Waals surface area contributed by atoms with Gasteiger partial charge in [0.05, 0.1) is 19.3 Å². The van der Waals surface area contributed by atoms with Crippen LogP contribution in [0.25, 0.3) is 0 Å². The number of hydrogen-bond donors (Lipinski definition) is 2. The van der Waals surface area contributed by atoms with Crippen molar-refractivity contribution in [3.63, 3.8) is 0 Å². The van der Waals surface area contributed by atoms with Gasteiger partial charge >= 0.3 is 0 Å². The molecule has 1 atom stereocenters. The van der Waals surface area contributed by atoms with Gasteiger partial charge in [0, 0.05) is 18.2 Å². The lowest BCUT2D eigenvalue weighted by Crippen LogP contribution is -2.36. The molecule has 0 amide bonds. The van der Waals surface area contributed by atoms with E-state index in [0.29, 0.717) is 29.6 Å². The number of hydrogen-bond acceptors (Lipinski definition) is 7. The van der Waals surface area contributed by atoms with E-state index in [1.165, 1.54) is 0 Å². The van der Waals surface area contributed by atoms with E-state index < -0.39 is 0 Å². The molecule has 0 bridgehead atoms. The van der Waals surface area contributed by atoms with Crippen LogP contribution < -0.4 is 10.1 Å². The minimum Gasteiger partial charge on any atom is -0.481 e. The van der Waals surface area contributed by atoms with E-state index in [0.717, 1.165) is 31.2 Å². The second kappa shape index (κ2) is 5.81. The molecule has 2 saturated carbocycles. The molecule has 2 fully saturated rings. The third kappa shape index (κ3) is 3.01. The van der Waals surface area contributed by atoms with Crippen molar-refractivity contribution in [1.29, 1.82) is 0 Å². The first-order valence-electron chi connectivity index (χ1n) is 8.01. The van der Waals surface area contributed by atoms with Gasteiger partial charge in [-0.25, -0.2) is 4.98 Å². The van der Waals surface area contributed by atoms with E-state index in [4.69, 9.17) is 9.26 Å². The summed E-state index contributed by atoms with van der Waals surface area (Å²) in [5.41, 5.74) is 1.03. The fraction of sp³-hybridized carbons (Fsp3) is 0.562. The molecular weight excluding hydrogens is 296 g/mol. The number of aromatic nitrogens is 3. The maximum absolute atomic E-state index is 9.63. The smallest absolute Gasteiger partial charge is 0.263 e. The summed E-state index contributed by atoms with van der Waals surface area (Å²) < 4.78 is 10.4. The molecule has 2 aromatic rings. The number of nitrogens with zero attached hydrogens (tertiary/aromatic N) is 3. The summed E-state index contributed by atoms with van der Waals surface area (Å²) in [5.74, 6) is 2.56. The summed E-state index contributed by atoms with van der Waals surface area (Å²) in [4.78, 5) is 8.71. The Bertz CT molecular complexity index is 662. The number of rotatable bonds is 6. The number of pyridine rings is 1. The zero-order valence-electron chi connectivity index (χ0n) is 13.0. The molecule has 2 N–H and O–H groups in total. The van der Waals surface area contributed by atoms with Gasteiger partial charge in [-0.3, -0.25) is 0 Å². The van der Waals surface area contributed by atoms with Crippen molar-refractivity contribution in [3.8, 4) is 5.88 Å². The van der Waals surface area contributed by atoms with Gasteiger partial charge < -0.3 is 19.7 Å². The van der Waals surface area contributed by atoms with Crippen LogP contribution in [0.3, 0.4) is 0 Å². The van der Waals surface area contributed by atoms with E-state index in [-0.39, 0.29) is 12.1 Å². The monoisotopic (exact) mass is 316 g/mol. The van der Waals surface area contributed by atoms with E-state index in [9.17, 15) is 5.11 Å². The fourth-order valence-electron chi connectivity index (χ4n) is 3.00. The molecule has 0 saturated heterocycles. The van der Waals surface area contributed by atoms with Crippen LogP contribution in [0, 0.1) is 5.92 Å². The van der Waals surface area contributed by atoms with E-state index >= 15 is 0 Å². The van der Waals surface area contributed by atoms with Gasteiger partial charge in [0.1, 0.15) is 0 Å². The van der Waals surface area contributed by atoms with Crippen molar-refractivity contribution >= 4 is 5.95 Å². The van der Waals surface area contributed by atoms with Gasteiger partial charge in [0.15, 0.2) is 0 Å². The zero-order chi connectivity index (χ0) is 15.8. The molecule has 122 valence electrons. The second-order valence-electron chi connectivity index (χ2n) is 6.37. The first kappa shape index (κ1) is 14.4. The van der Waals surface area contributed by atoms with Gasteiger partial charge in [-0.15, -0.1) is 0 Å². The van der Waals surface area contributed by atoms with Crippen molar-refractivity contribution in [2.24, 2.45) is 5.92 Å². The molecule has 0 radical (unpaired) electrons. The SMILES string of the molecule is COc1ccc(C(Nc2noc(C3CC3)n2)C2CC(O)C2)cn1. The average molecular weight is 316 g/mol. The molecule has 1 unspecified atom stereocenters. The lowest BCUT2D eigenvalue weighted by atomic mass is 9.75.